The summed E-state index contributed by atoms with van der Waals surface area (Å²) >= 11 is 0. The Hall–Kier alpha value is -4.70. The summed E-state index contributed by atoms with van der Waals surface area (Å²) < 4.78 is 28.8. The lowest BCUT2D eigenvalue weighted by Crippen LogP contribution is -2.26. The Kier molecular flexibility index (Phi) is 5.96. The molecule has 4 aromatic heterocycles. The van der Waals surface area contributed by atoms with E-state index in [0.29, 0.717) is 44.9 Å². The molecule has 4 N–H and O–H groups in total. The number of nitrogens with one attached hydrogen (secondary N) is 3. The zero-order valence-electron chi connectivity index (χ0n) is 21.3. The minimum absolute atomic E-state index is 0.190. The molecule has 200 valence electrons. The first-order chi connectivity index (χ1) is 19.5. The molecule has 40 heavy (non-hydrogen) atoms. The number of benzene rings is 2. The lowest BCUT2D eigenvalue weighted by Gasteiger charge is -2.20. The van der Waals surface area contributed by atoms with Gasteiger partial charge in [0.2, 0.25) is 0 Å². The molecule has 1 fully saturated rings. The zero-order valence-corrected chi connectivity index (χ0v) is 21.3. The Balaban J connectivity index is 1.27. The molecule has 2 aromatic carbocycles. The van der Waals surface area contributed by atoms with Crippen LogP contribution < -0.4 is 5.32 Å². The number of aliphatic hydroxyl groups is 1. The fourth-order valence-electron chi connectivity index (χ4n) is 5.53. The van der Waals surface area contributed by atoms with Crippen molar-refractivity contribution in [2.24, 2.45) is 5.92 Å². The van der Waals surface area contributed by atoms with Crippen LogP contribution in [-0.2, 0) is 0 Å². The van der Waals surface area contributed by atoms with Crippen LogP contribution in [0.25, 0.3) is 55.8 Å². The SMILES string of the molecule is OC(Nc1cncc(-c2cc(F)c3n[nH]c(-c4nc5c(-c6ccc(F)cc6)nccc5[nH]4)c3c2)c1)C1CCCC1. The normalized spacial score (nSPS) is 14.8. The maximum Gasteiger partial charge on any atom is 0.157 e. The Labute approximate surface area is 227 Å². The number of aromatic amines is 2. The number of aromatic nitrogens is 6. The number of hydrogen-bond acceptors (Lipinski definition) is 6. The molecule has 1 aliphatic rings. The second-order valence-electron chi connectivity index (χ2n) is 10.2. The summed E-state index contributed by atoms with van der Waals surface area (Å²) in [6, 6.07) is 13.0. The van der Waals surface area contributed by atoms with Gasteiger partial charge >= 0.3 is 0 Å². The van der Waals surface area contributed by atoms with Crippen molar-refractivity contribution < 1.29 is 13.9 Å². The molecule has 0 spiro atoms. The summed E-state index contributed by atoms with van der Waals surface area (Å²) in [6.45, 7) is 0. The predicted octanol–water partition coefficient (Wildman–Crippen LogP) is 6.43. The Morgan fingerprint density at radius 3 is 2.58 bits per heavy atom. The highest BCUT2D eigenvalue weighted by atomic mass is 19.1. The van der Waals surface area contributed by atoms with Crippen LogP contribution in [0.5, 0.6) is 0 Å². The van der Waals surface area contributed by atoms with Crippen molar-refractivity contribution in [3.05, 3.63) is 78.8 Å². The molecule has 6 aromatic rings. The van der Waals surface area contributed by atoms with Gasteiger partial charge < -0.3 is 15.4 Å². The molecule has 4 heterocycles. The average Bonchev–Trinajstić information content (AvgIpc) is 3.73. The van der Waals surface area contributed by atoms with Crippen molar-refractivity contribution in [3.8, 4) is 33.9 Å². The van der Waals surface area contributed by atoms with Gasteiger partial charge in [-0.15, -0.1) is 0 Å². The van der Waals surface area contributed by atoms with E-state index in [4.69, 9.17) is 4.98 Å². The first-order valence-corrected chi connectivity index (χ1v) is 13.2. The van der Waals surface area contributed by atoms with Crippen LogP contribution in [-0.4, -0.2) is 41.5 Å². The Morgan fingerprint density at radius 2 is 1.75 bits per heavy atom. The monoisotopic (exact) mass is 537 g/mol. The molecule has 7 rings (SSSR count). The maximum absolute atomic E-state index is 15.3. The fourth-order valence-corrected chi connectivity index (χ4v) is 5.53. The molecule has 0 bridgehead atoms. The van der Waals surface area contributed by atoms with Gasteiger partial charge in [0.05, 0.1) is 23.1 Å². The number of H-pyrrole nitrogens is 2. The summed E-state index contributed by atoms with van der Waals surface area (Å²) in [7, 11) is 0. The number of fused-ring (bicyclic) bond motifs is 2. The van der Waals surface area contributed by atoms with E-state index in [-0.39, 0.29) is 17.3 Å². The number of halogens is 2. The number of hydrogen-bond donors (Lipinski definition) is 4. The third-order valence-corrected chi connectivity index (χ3v) is 7.60. The van der Waals surface area contributed by atoms with Gasteiger partial charge in [0, 0.05) is 34.8 Å². The van der Waals surface area contributed by atoms with Gasteiger partial charge in [0.25, 0.3) is 0 Å². The minimum atomic E-state index is -0.651. The number of rotatable bonds is 6. The van der Waals surface area contributed by atoms with Gasteiger partial charge in [-0.3, -0.25) is 15.1 Å². The van der Waals surface area contributed by atoms with Gasteiger partial charge in [-0.2, -0.15) is 5.10 Å². The van der Waals surface area contributed by atoms with Gasteiger partial charge in [-0.1, -0.05) is 12.8 Å². The highest BCUT2D eigenvalue weighted by molar-refractivity contribution is 5.97. The van der Waals surface area contributed by atoms with Gasteiger partial charge in [-0.05, 0) is 66.9 Å². The second-order valence-corrected chi connectivity index (χ2v) is 10.2. The summed E-state index contributed by atoms with van der Waals surface area (Å²) in [5.74, 6) is -0.127. The van der Waals surface area contributed by atoms with Crippen molar-refractivity contribution in [2.45, 2.75) is 31.9 Å². The first-order valence-electron chi connectivity index (χ1n) is 13.2. The van der Waals surface area contributed by atoms with Crippen molar-refractivity contribution in [1.29, 1.82) is 0 Å². The molecule has 0 saturated heterocycles. The average molecular weight is 538 g/mol. The number of aliphatic hydroxyl groups excluding tert-OH is 1. The quantitative estimate of drug-likeness (QED) is 0.182. The van der Waals surface area contributed by atoms with E-state index in [1.54, 1.807) is 36.8 Å². The van der Waals surface area contributed by atoms with E-state index in [0.717, 1.165) is 36.8 Å². The van der Waals surface area contributed by atoms with E-state index < -0.39 is 12.0 Å². The van der Waals surface area contributed by atoms with Crippen molar-refractivity contribution >= 4 is 27.6 Å². The molecule has 1 unspecified atom stereocenters. The largest absolute Gasteiger partial charge is 0.374 e. The van der Waals surface area contributed by atoms with E-state index in [1.807, 2.05) is 12.1 Å². The van der Waals surface area contributed by atoms with Crippen LogP contribution in [0, 0.1) is 17.6 Å². The molecular formula is C30H25F2N7O. The molecule has 0 amide bonds. The number of imidazole rings is 1. The van der Waals surface area contributed by atoms with Crippen LogP contribution in [0.4, 0.5) is 14.5 Å². The molecule has 1 aliphatic carbocycles. The van der Waals surface area contributed by atoms with Gasteiger partial charge in [0.15, 0.2) is 11.6 Å². The molecule has 0 radical (unpaired) electrons. The molecule has 1 atom stereocenters. The van der Waals surface area contributed by atoms with Crippen LogP contribution in [0.1, 0.15) is 25.7 Å². The van der Waals surface area contributed by atoms with Crippen LogP contribution in [0.15, 0.2) is 67.1 Å². The maximum atomic E-state index is 15.3. The standard InChI is InChI=1S/C30H25F2N7O/c31-20-7-5-16(6-8-20)25-28-24(9-10-34-25)36-29(37-28)27-22-12-18(13-23(32)26(22)38-39-27)19-11-21(15-33-14-19)35-30(40)17-3-1-2-4-17/h5-15,17,30,35,40H,1-4H2,(H,36,37)(H,38,39). The first kappa shape index (κ1) is 24.3. The molecule has 1 saturated carbocycles. The summed E-state index contributed by atoms with van der Waals surface area (Å²) in [4.78, 5) is 16.8. The number of pyridine rings is 2. The number of anilines is 1. The lowest BCUT2D eigenvalue weighted by atomic mass is 10.0. The van der Waals surface area contributed by atoms with E-state index >= 15 is 4.39 Å². The lowest BCUT2D eigenvalue weighted by molar-refractivity contribution is 0.137. The Morgan fingerprint density at radius 1 is 0.925 bits per heavy atom. The summed E-state index contributed by atoms with van der Waals surface area (Å²) in [5, 5.41) is 21.5. The van der Waals surface area contributed by atoms with Crippen molar-refractivity contribution in [3.63, 3.8) is 0 Å². The van der Waals surface area contributed by atoms with Crippen molar-refractivity contribution in [2.75, 3.05) is 5.32 Å². The summed E-state index contributed by atoms with van der Waals surface area (Å²) in [5.41, 5.74) is 5.36. The second kappa shape index (κ2) is 9.80. The number of nitrogens with zero attached hydrogens (tertiary/aromatic N) is 4. The van der Waals surface area contributed by atoms with E-state index in [2.05, 4.69) is 30.5 Å². The topological polar surface area (TPSA) is 115 Å². The highest BCUT2D eigenvalue weighted by Crippen LogP contribution is 2.34. The van der Waals surface area contributed by atoms with Gasteiger partial charge in [-0.25, -0.2) is 13.8 Å². The van der Waals surface area contributed by atoms with E-state index in [9.17, 15) is 9.50 Å². The predicted molar refractivity (Wildman–Crippen MR) is 149 cm³/mol. The minimum Gasteiger partial charge on any atom is -0.374 e. The highest BCUT2D eigenvalue weighted by Gasteiger charge is 2.23. The third-order valence-electron chi connectivity index (χ3n) is 7.60. The Bertz CT molecular complexity index is 1840. The molecular weight excluding hydrogens is 512 g/mol. The molecule has 0 aliphatic heterocycles. The zero-order chi connectivity index (χ0) is 27.2. The summed E-state index contributed by atoms with van der Waals surface area (Å²) in [6.07, 6.45) is 8.57. The fraction of sp³-hybridized carbons (Fsp3) is 0.200. The molecule has 8 nitrogen and oxygen atoms in total. The molecule has 10 heteroatoms. The third kappa shape index (κ3) is 4.36. The van der Waals surface area contributed by atoms with Crippen molar-refractivity contribution in [1.82, 2.24) is 30.1 Å². The van der Waals surface area contributed by atoms with Gasteiger partial charge in [0.1, 0.15) is 28.8 Å². The van der Waals surface area contributed by atoms with Crippen LogP contribution in [0.2, 0.25) is 0 Å². The van der Waals surface area contributed by atoms with E-state index in [1.165, 1.54) is 18.2 Å². The smallest absolute Gasteiger partial charge is 0.157 e. The van der Waals surface area contributed by atoms with Crippen LogP contribution in [0.3, 0.4) is 0 Å². The van der Waals surface area contributed by atoms with Crippen LogP contribution >= 0.6 is 0 Å².